The van der Waals surface area contributed by atoms with Crippen molar-refractivity contribution >= 4 is 28.4 Å². The van der Waals surface area contributed by atoms with Gasteiger partial charge in [0.1, 0.15) is 0 Å². The van der Waals surface area contributed by atoms with Gasteiger partial charge in [-0.25, -0.2) is 0 Å². The number of carbonyl (C=O) groups is 1. The van der Waals surface area contributed by atoms with Crippen molar-refractivity contribution < 1.29 is 4.79 Å². The third kappa shape index (κ3) is 6.71. The van der Waals surface area contributed by atoms with Crippen LogP contribution in [0.2, 0.25) is 5.02 Å². The first-order chi connectivity index (χ1) is 17.4. The molecule has 1 unspecified atom stereocenters. The lowest BCUT2D eigenvalue weighted by molar-refractivity contribution is 0.0730. The van der Waals surface area contributed by atoms with Crippen LogP contribution >= 0.6 is 11.6 Å². The van der Waals surface area contributed by atoms with Crippen LogP contribution in [0.1, 0.15) is 46.1 Å². The number of carbonyl (C=O) groups excluding carboxylic acids is 1. The summed E-state index contributed by atoms with van der Waals surface area (Å²) in [6.07, 6.45) is 2.36. The maximum atomic E-state index is 13.3. The fraction of sp³-hybridized carbons (Fsp3) is 0.290. The highest BCUT2D eigenvalue weighted by Crippen LogP contribution is 2.25. The summed E-state index contributed by atoms with van der Waals surface area (Å²) in [5.41, 5.74) is 12.1. The number of hydrogen-bond donors (Lipinski definition) is 1. The van der Waals surface area contributed by atoms with E-state index in [9.17, 15) is 4.79 Å². The van der Waals surface area contributed by atoms with Crippen molar-refractivity contribution in [1.82, 2.24) is 9.88 Å². The Hall–Kier alpha value is -3.21. The average Bonchev–Trinajstić information content (AvgIpc) is 2.87. The van der Waals surface area contributed by atoms with Gasteiger partial charge in [0, 0.05) is 34.8 Å². The van der Waals surface area contributed by atoms with E-state index < -0.39 is 0 Å². The van der Waals surface area contributed by atoms with Gasteiger partial charge in [0.05, 0.1) is 5.52 Å². The Morgan fingerprint density at radius 3 is 2.50 bits per heavy atom. The smallest absolute Gasteiger partial charge is 0.253 e. The molecule has 0 bridgehead atoms. The molecule has 4 rings (SSSR count). The predicted molar refractivity (Wildman–Crippen MR) is 150 cm³/mol. The van der Waals surface area contributed by atoms with Crippen LogP contribution in [-0.4, -0.2) is 35.4 Å². The molecular formula is C31H34ClN3O. The zero-order chi connectivity index (χ0) is 25.5. The molecule has 186 valence electrons. The van der Waals surface area contributed by atoms with Crippen LogP contribution in [0.25, 0.3) is 10.9 Å². The summed E-state index contributed by atoms with van der Waals surface area (Å²) in [5, 5.41) is 1.77. The van der Waals surface area contributed by atoms with E-state index in [4.69, 9.17) is 22.3 Å². The molecule has 0 radical (unpaired) electrons. The maximum absolute atomic E-state index is 13.3. The standard InChI is InChI=1S/C31H34ClN3O/c1-22-9-11-25(12-10-22)31(36)35(16-6-15-33)21-23(2)17-29-27(18-24-7-4-3-5-8-24)19-26-13-14-28(32)20-30(26)34-29/h3-5,7-14,19-20,23H,6,15-18,21,33H2,1-2H3. The Balaban J connectivity index is 1.59. The zero-order valence-electron chi connectivity index (χ0n) is 21.1. The highest BCUT2D eigenvalue weighted by molar-refractivity contribution is 6.31. The van der Waals surface area contributed by atoms with Gasteiger partial charge in [-0.15, -0.1) is 0 Å². The Bertz CT molecular complexity index is 1300. The van der Waals surface area contributed by atoms with Crippen LogP contribution in [-0.2, 0) is 12.8 Å². The molecule has 4 aromatic rings. The molecule has 36 heavy (non-hydrogen) atoms. The molecule has 1 atom stereocenters. The van der Waals surface area contributed by atoms with Gasteiger partial charge in [0.25, 0.3) is 5.91 Å². The molecule has 1 amide bonds. The molecule has 0 aliphatic rings. The zero-order valence-corrected chi connectivity index (χ0v) is 21.8. The van der Waals surface area contributed by atoms with Crippen molar-refractivity contribution in [3.8, 4) is 0 Å². The van der Waals surface area contributed by atoms with Crippen LogP contribution in [0.4, 0.5) is 0 Å². The molecule has 0 aliphatic carbocycles. The summed E-state index contributed by atoms with van der Waals surface area (Å²) in [7, 11) is 0. The first-order valence-electron chi connectivity index (χ1n) is 12.6. The van der Waals surface area contributed by atoms with Crippen molar-refractivity contribution in [3.05, 3.63) is 112 Å². The first kappa shape index (κ1) is 25.9. The Kier molecular flexibility index (Phi) is 8.74. The van der Waals surface area contributed by atoms with Gasteiger partial charge < -0.3 is 10.6 Å². The second kappa shape index (κ2) is 12.2. The number of aromatic nitrogens is 1. The van der Waals surface area contributed by atoms with Crippen LogP contribution < -0.4 is 5.73 Å². The quantitative estimate of drug-likeness (QED) is 0.272. The minimum absolute atomic E-state index is 0.0538. The number of aryl methyl sites for hydroxylation is 1. The van der Waals surface area contributed by atoms with Crippen molar-refractivity contribution in [2.45, 2.75) is 33.1 Å². The Labute approximate surface area is 219 Å². The van der Waals surface area contributed by atoms with E-state index in [1.165, 1.54) is 11.1 Å². The normalized spacial score (nSPS) is 12.0. The SMILES string of the molecule is Cc1ccc(C(=O)N(CCCN)CC(C)Cc2nc3cc(Cl)ccc3cc2Cc2ccccc2)cc1. The number of halogens is 1. The number of nitrogens with zero attached hydrogens (tertiary/aromatic N) is 2. The molecule has 0 aliphatic heterocycles. The van der Waals surface area contributed by atoms with Crippen LogP contribution in [0.15, 0.2) is 78.9 Å². The molecule has 0 saturated heterocycles. The molecule has 0 spiro atoms. The van der Waals surface area contributed by atoms with Crippen molar-refractivity contribution in [2.24, 2.45) is 11.7 Å². The highest BCUT2D eigenvalue weighted by atomic mass is 35.5. The molecule has 5 heteroatoms. The third-order valence-corrected chi connectivity index (χ3v) is 6.71. The minimum Gasteiger partial charge on any atom is -0.338 e. The number of pyridine rings is 1. The number of hydrogen-bond acceptors (Lipinski definition) is 3. The third-order valence-electron chi connectivity index (χ3n) is 6.48. The van der Waals surface area contributed by atoms with Crippen LogP contribution in [0.5, 0.6) is 0 Å². The van der Waals surface area contributed by atoms with Crippen molar-refractivity contribution in [2.75, 3.05) is 19.6 Å². The topological polar surface area (TPSA) is 59.2 Å². The van der Waals surface area contributed by atoms with Gasteiger partial charge in [0.15, 0.2) is 0 Å². The molecule has 2 N–H and O–H groups in total. The van der Waals surface area contributed by atoms with Gasteiger partial charge >= 0.3 is 0 Å². The molecule has 4 nitrogen and oxygen atoms in total. The van der Waals surface area contributed by atoms with Gasteiger partial charge in [0.2, 0.25) is 0 Å². The average molecular weight is 500 g/mol. The number of fused-ring (bicyclic) bond motifs is 1. The van der Waals surface area contributed by atoms with Gasteiger partial charge in [-0.1, -0.05) is 72.6 Å². The molecule has 1 aromatic heterocycles. The lowest BCUT2D eigenvalue weighted by Gasteiger charge is -2.26. The van der Waals surface area contributed by atoms with Crippen LogP contribution in [0.3, 0.4) is 0 Å². The summed E-state index contributed by atoms with van der Waals surface area (Å²) in [6, 6.07) is 26.3. The summed E-state index contributed by atoms with van der Waals surface area (Å²) in [4.78, 5) is 20.3. The van der Waals surface area contributed by atoms with E-state index in [-0.39, 0.29) is 11.8 Å². The maximum Gasteiger partial charge on any atom is 0.253 e. The predicted octanol–water partition coefficient (Wildman–Crippen LogP) is 6.46. The number of benzene rings is 3. The lowest BCUT2D eigenvalue weighted by atomic mass is 9.95. The first-order valence-corrected chi connectivity index (χ1v) is 13.0. The Morgan fingerprint density at radius 1 is 1.03 bits per heavy atom. The monoisotopic (exact) mass is 499 g/mol. The largest absolute Gasteiger partial charge is 0.338 e. The van der Waals surface area contributed by atoms with E-state index in [1.54, 1.807) is 0 Å². The van der Waals surface area contributed by atoms with Gasteiger partial charge in [-0.3, -0.25) is 9.78 Å². The number of amides is 1. The number of rotatable bonds is 10. The highest BCUT2D eigenvalue weighted by Gasteiger charge is 2.20. The van der Waals surface area contributed by atoms with E-state index >= 15 is 0 Å². The molecule has 0 fully saturated rings. The molecule has 1 heterocycles. The van der Waals surface area contributed by atoms with E-state index in [1.807, 2.05) is 60.4 Å². The molecular weight excluding hydrogens is 466 g/mol. The van der Waals surface area contributed by atoms with Crippen molar-refractivity contribution in [1.29, 1.82) is 0 Å². The van der Waals surface area contributed by atoms with E-state index in [0.717, 1.165) is 41.4 Å². The lowest BCUT2D eigenvalue weighted by Crippen LogP contribution is -2.37. The second-order valence-corrected chi connectivity index (χ2v) is 10.1. The van der Waals surface area contributed by atoms with Crippen molar-refractivity contribution in [3.63, 3.8) is 0 Å². The molecule has 3 aromatic carbocycles. The number of nitrogens with two attached hydrogens (primary N) is 1. The summed E-state index contributed by atoms with van der Waals surface area (Å²) in [5.74, 6) is 0.272. The summed E-state index contributed by atoms with van der Waals surface area (Å²) >= 11 is 6.27. The second-order valence-electron chi connectivity index (χ2n) is 9.66. The minimum atomic E-state index is 0.0538. The van der Waals surface area contributed by atoms with Crippen LogP contribution in [0, 0.1) is 12.8 Å². The fourth-order valence-electron chi connectivity index (χ4n) is 4.58. The molecule has 0 saturated carbocycles. The summed E-state index contributed by atoms with van der Waals surface area (Å²) < 4.78 is 0. The van der Waals surface area contributed by atoms with Gasteiger partial charge in [-0.2, -0.15) is 0 Å². The van der Waals surface area contributed by atoms with E-state index in [0.29, 0.717) is 30.2 Å². The summed E-state index contributed by atoms with van der Waals surface area (Å²) in [6.45, 7) is 6.06. The van der Waals surface area contributed by atoms with E-state index in [2.05, 4.69) is 37.3 Å². The van der Waals surface area contributed by atoms with Gasteiger partial charge in [-0.05, 0) is 80.1 Å². The Morgan fingerprint density at radius 2 is 1.78 bits per heavy atom. The fourth-order valence-corrected chi connectivity index (χ4v) is 4.74.